The summed E-state index contributed by atoms with van der Waals surface area (Å²) in [4.78, 5) is 0. The third-order valence-corrected chi connectivity index (χ3v) is 4.41. The SMILES string of the molecule is OC(CCc1ccsc1)Cc1cccc2ccccc12. The van der Waals surface area contributed by atoms with Crippen molar-refractivity contribution in [1.82, 2.24) is 0 Å². The van der Waals surface area contributed by atoms with E-state index in [1.165, 1.54) is 21.9 Å². The molecule has 3 aromatic rings. The summed E-state index contributed by atoms with van der Waals surface area (Å²) in [5.74, 6) is 0. The van der Waals surface area contributed by atoms with E-state index < -0.39 is 0 Å². The molecule has 1 unspecified atom stereocenters. The van der Waals surface area contributed by atoms with Gasteiger partial charge in [-0.15, -0.1) is 0 Å². The molecular formula is C18H18OS. The van der Waals surface area contributed by atoms with Gasteiger partial charge in [0.05, 0.1) is 6.10 Å². The Morgan fingerprint density at radius 1 is 1.00 bits per heavy atom. The molecule has 2 aromatic carbocycles. The van der Waals surface area contributed by atoms with Gasteiger partial charge in [0.25, 0.3) is 0 Å². The van der Waals surface area contributed by atoms with Crippen molar-refractivity contribution in [1.29, 1.82) is 0 Å². The molecule has 1 aromatic heterocycles. The summed E-state index contributed by atoms with van der Waals surface area (Å²) in [5, 5.41) is 17.0. The average Bonchev–Trinajstić information content (AvgIpc) is 2.99. The Balaban J connectivity index is 1.69. The molecular weight excluding hydrogens is 264 g/mol. The lowest BCUT2D eigenvalue weighted by molar-refractivity contribution is 0.165. The van der Waals surface area contributed by atoms with Crippen LogP contribution in [0, 0.1) is 0 Å². The van der Waals surface area contributed by atoms with Gasteiger partial charge in [-0.25, -0.2) is 0 Å². The summed E-state index contributed by atoms with van der Waals surface area (Å²) < 4.78 is 0. The van der Waals surface area contributed by atoms with Crippen LogP contribution in [0.1, 0.15) is 17.5 Å². The Morgan fingerprint density at radius 3 is 2.70 bits per heavy atom. The second-order valence-corrected chi connectivity index (χ2v) is 5.95. The number of aliphatic hydroxyl groups is 1. The highest BCUT2D eigenvalue weighted by Gasteiger charge is 2.08. The third kappa shape index (κ3) is 3.09. The number of aliphatic hydroxyl groups excluding tert-OH is 1. The van der Waals surface area contributed by atoms with E-state index in [0.717, 1.165) is 19.3 Å². The van der Waals surface area contributed by atoms with E-state index >= 15 is 0 Å². The molecule has 0 bridgehead atoms. The molecule has 102 valence electrons. The second-order valence-electron chi connectivity index (χ2n) is 5.17. The molecule has 0 aliphatic rings. The van der Waals surface area contributed by atoms with Crippen LogP contribution >= 0.6 is 11.3 Å². The maximum Gasteiger partial charge on any atom is 0.0584 e. The highest BCUT2D eigenvalue weighted by Crippen LogP contribution is 2.21. The minimum Gasteiger partial charge on any atom is -0.393 e. The zero-order chi connectivity index (χ0) is 13.8. The number of thiophene rings is 1. The van der Waals surface area contributed by atoms with Crippen LogP contribution in [0.3, 0.4) is 0 Å². The third-order valence-electron chi connectivity index (χ3n) is 3.68. The van der Waals surface area contributed by atoms with Crippen LogP contribution in [0.4, 0.5) is 0 Å². The molecule has 2 heteroatoms. The Hall–Kier alpha value is -1.64. The molecule has 0 fully saturated rings. The van der Waals surface area contributed by atoms with Crippen molar-refractivity contribution in [2.75, 3.05) is 0 Å². The lowest BCUT2D eigenvalue weighted by atomic mass is 9.97. The number of benzene rings is 2. The molecule has 0 spiro atoms. The molecule has 0 radical (unpaired) electrons. The van der Waals surface area contributed by atoms with Gasteiger partial charge in [0.2, 0.25) is 0 Å². The zero-order valence-electron chi connectivity index (χ0n) is 11.3. The molecule has 0 saturated heterocycles. The smallest absolute Gasteiger partial charge is 0.0584 e. The highest BCUT2D eigenvalue weighted by molar-refractivity contribution is 7.07. The molecule has 0 aliphatic carbocycles. The number of fused-ring (bicyclic) bond motifs is 1. The number of rotatable bonds is 5. The molecule has 20 heavy (non-hydrogen) atoms. The Bertz CT molecular complexity index is 667. The topological polar surface area (TPSA) is 20.2 Å². The van der Waals surface area contributed by atoms with Gasteiger partial charge in [0.1, 0.15) is 0 Å². The van der Waals surface area contributed by atoms with Crippen LogP contribution in [0.5, 0.6) is 0 Å². The van der Waals surface area contributed by atoms with Crippen LogP contribution in [0.15, 0.2) is 59.3 Å². The second kappa shape index (κ2) is 6.21. The van der Waals surface area contributed by atoms with Crippen molar-refractivity contribution in [3.63, 3.8) is 0 Å². The van der Waals surface area contributed by atoms with E-state index in [1.807, 2.05) is 0 Å². The number of aryl methyl sites for hydroxylation is 1. The van der Waals surface area contributed by atoms with E-state index in [-0.39, 0.29) is 6.10 Å². The zero-order valence-corrected chi connectivity index (χ0v) is 12.1. The van der Waals surface area contributed by atoms with E-state index in [1.54, 1.807) is 11.3 Å². The van der Waals surface area contributed by atoms with Crippen molar-refractivity contribution in [2.24, 2.45) is 0 Å². The molecule has 3 rings (SSSR count). The molecule has 1 N–H and O–H groups in total. The summed E-state index contributed by atoms with van der Waals surface area (Å²) >= 11 is 1.72. The fraction of sp³-hybridized carbons (Fsp3) is 0.222. The van der Waals surface area contributed by atoms with Crippen LogP contribution < -0.4 is 0 Å². The van der Waals surface area contributed by atoms with Crippen LogP contribution in [0.2, 0.25) is 0 Å². The maximum absolute atomic E-state index is 10.3. The van der Waals surface area contributed by atoms with Gasteiger partial charge in [0, 0.05) is 0 Å². The first-order valence-electron chi connectivity index (χ1n) is 6.99. The predicted molar refractivity (Wildman–Crippen MR) is 86.3 cm³/mol. The summed E-state index contributed by atoms with van der Waals surface area (Å²) in [5.41, 5.74) is 2.56. The largest absolute Gasteiger partial charge is 0.393 e. The number of hydrogen-bond donors (Lipinski definition) is 1. The fourth-order valence-electron chi connectivity index (χ4n) is 2.59. The van der Waals surface area contributed by atoms with E-state index in [4.69, 9.17) is 0 Å². The number of hydrogen-bond acceptors (Lipinski definition) is 2. The Labute approximate surface area is 123 Å². The molecule has 0 aliphatic heterocycles. The Morgan fingerprint density at radius 2 is 1.85 bits per heavy atom. The predicted octanol–water partition coefficient (Wildman–Crippen LogP) is 4.44. The average molecular weight is 282 g/mol. The minimum absolute atomic E-state index is 0.277. The first kappa shape index (κ1) is 13.3. The van der Waals surface area contributed by atoms with Crippen LogP contribution in [-0.2, 0) is 12.8 Å². The summed E-state index contributed by atoms with van der Waals surface area (Å²) in [6, 6.07) is 16.8. The van der Waals surface area contributed by atoms with Crippen molar-refractivity contribution < 1.29 is 5.11 Å². The maximum atomic E-state index is 10.3. The molecule has 1 atom stereocenters. The summed E-state index contributed by atoms with van der Waals surface area (Å²) in [6.07, 6.45) is 2.22. The quantitative estimate of drug-likeness (QED) is 0.733. The van der Waals surface area contributed by atoms with Gasteiger partial charge in [-0.3, -0.25) is 0 Å². The molecule has 0 saturated carbocycles. The standard InChI is InChI=1S/C18H18OS/c19-17(9-8-14-10-11-20-13-14)12-16-6-3-5-15-4-1-2-7-18(15)16/h1-7,10-11,13,17,19H,8-9,12H2. The van der Waals surface area contributed by atoms with Crippen molar-refractivity contribution >= 4 is 22.1 Å². The summed E-state index contributed by atoms with van der Waals surface area (Å²) in [6.45, 7) is 0. The monoisotopic (exact) mass is 282 g/mol. The van der Waals surface area contributed by atoms with Crippen LogP contribution in [0.25, 0.3) is 10.8 Å². The van der Waals surface area contributed by atoms with Crippen LogP contribution in [-0.4, -0.2) is 11.2 Å². The normalized spacial score (nSPS) is 12.7. The molecule has 1 heterocycles. The van der Waals surface area contributed by atoms with Gasteiger partial charge in [0.15, 0.2) is 0 Å². The van der Waals surface area contributed by atoms with E-state index in [9.17, 15) is 5.11 Å². The highest BCUT2D eigenvalue weighted by atomic mass is 32.1. The van der Waals surface area contributed by atoms with Gasteiger partial charge in [-0.05, 0) is 58.0 Å². The lowest BCUT2D eigenvalue weighted by Crippen LogP contribution is -2.11. The first-order valence-corrected chi connectivity index (χ1v) is 7.93. The van der Waals surface area contributed by atoms with E-state index in [2.05, 4.69) is 59.3 Å². The van der Waals surface area contributed by atoms with Gasteiger partial charge < -0.3 is 5.11 Å². The Kier molecular flexibility index (Phi) is 4.14. The first-order chi connectivity index (χ1) is 9.83. The van der Waals surface area contributed by atoms with Gasteiger partial charge in [-0.2, -0.15) is 11.3 Å². The lowest BCUT2D eigenvalue weighted by Gasteiger charge is -2.12. The van der Waals surface area contributed by atoms with Crippen molar-refractivity contribution in [3.8, 4) is 0 Å². The van der Waals surface area contributed by atoms with Crippen molar-refractivity contribution in [2.45, 2.75) is 25.4 Å². The molecule has 0 amide bonds. The molecule has 1 nitrogen and oxygen atoms in total. The van der Waals surface area contributed by atoms with Gasteiger partial charge in [-0.1, -0.05) is 42.5 Å². The van der Waals surface area contributed by atoms with E-state index in [0.29, 0.717) is 0 Å². The minimum atomic E-state index is -0.277. The van der Waals surface area contributed by atoms with Crippen molar-refractivity contribution in [3.05, 3.63) is 70.4 Å². The van der Waals surface area contributed by atoms with Gasteiger partial charge >= 0.3 is 0 Å². The fourth-order valence-corrected chi connectivity index (χ4v) is 3.30. The summed E-state index contributed by atoms with van der Waals surface area (Å²) in [7, 11) is 0.